The Morgan fingerprint density at radius 3 is 1.89 bits per heavy atom. The minimum atomic E-state index is -3.99. The molecular weight excluding hydrogens is 611 g/mol. The zero-order valence-corrected chi connectivity index (χ0v) is 30.4. The molecule has 3 N–H and O–H groups in total. The third kappa shape index (κ3) is 11.2. The molecule has 9 heteroatoms. The Morgan fingerprint density at radius 1 is 0.702 bits per heavy atom. The standard InChI is InChI=1S/C38H55N3O5S/c1-9-11-13-14-22-45-32-18-15-30(16-19-32)39-35-20-17-31(25-36(35)40-38(42)46-21-12-10-2)41-47(43,44)37-33(27(5)6)23-29(26(3)4)24-34(37)28(7)8/h15-20,23-28,39,41H,9-14,21-22H2,1-8H3,(H,40,42). The van der Waals surface area contributed by atoms with Gasteiger partial charge in [-0.25, -0.2) is 13.2 Å². The van der Waals surface area contributed by atoms with Crippen LogP contribution in [0, 0.1) is 0 Å². The number of anilines is 4. The van der Waals surface area contributed by atoms with E-state index in [9.17, 15) is 13.2 Å². The van der Waals surface area contributed by atoms with Crippen molar-refractivity contribution >= 4 is 38.9 Å². The van der Waals surface area contributed by atoms with Crippen LogP contribution in [0.2, 0.25) is 0 Å². The highest BCUT2D eigenvalue weighted by atomic mass is 32.2. The van der Waals surface area contributed by atoms with Gasteiger partial charge in [0.05, 0.1) is 35.2 Å². The fourth-order valence-electron chi connectivity index (χ4n) is 5.19. The molecule has 3 aromatic carbocycles. The van der Waals surface area contributed by atoms with E-state index in [-0.39, 0.29) is 17.8 Å². The van der Waals surface area contributed by atoms with Gasteiger partial charge in [-0.15, -0.1) is 0 Å². The smallest absolute Gasteiger partial charge is 0.411 e. The quantitative estimate of drug-likeness (QED) is 0.117. The van der Waals surface area contributed by atoms with Crippen molar-refractivity contribution in [3.8, 4) is 5.75 Å². The minimum absolute atomic E-state index is 0.00249. The van der Waals surface area contributed by atoms with Crippen LogP contribution in [0.1, 0.15) is 128 Å². The van der Waals surface area contributed by atoms with Gasteiger partial charge in [-0.3, -0.25) is 10.0 Å². The van der Waals surface area contributed by atoms with Crippen molar-refractivity contribution in [1.29, 1.82) is 0 Å². The van der Waals surface area contributed by atoms with Crippen molar-refractivity contribution in [3.63, 3.8) is 0 Å². The molecule has 0 aromatic heterocycles. The van der Waals surface area contributed by atoms with E-state index in [0.717, 1.165) is 53.8 Å². The maximum absolute atomic E-state index is 14.1. The van der Waals surface area contributed by atoms with E-state index in [1.165, 1.54) is 12.8 Å². The number of hydrogen-bond acceptors (Lipinski definition) is 6. The Kier molecular flexibility index (Phi) is 14.4. The van der Waals surface area contributed by atoms with Crippen LogP contribution in [0.4, 0.5) is 27.5 Å². The van der Waals surface area contributed by atoms with Crippen LogP contribution in [0.15, 0.2) is 59.5 Å². The Balaban J connectivity index is 1.93. The van der Waals surface area contributed by atoms with E-state index >= 15 is 0 Å². The minimum Gasteiger partial charge on any atom is -0.494 e. The van der Waals surface area contributed by atoms with Crippen LogP contribution < -0.4 is 20.1 Å². The molecule has 3 aromatic rings. The first-order valence-corrected chi connectivity index (χ1v) is 18.6. The average molecular weight is 666 g/mol. The summed E-state index contributed by atoms with van der Waals surface area (Å²) in [6, 6.07) is 16.7. The number of sulfonamides is 1. The summed E-state index contributed by atoms with van der Waals surface area (Å²) in [6.07, 6.45) is 5.60. The van der Waals surface area contributed by atoms with Gasteiger partial charge in [0.1, 0.15) is 5.75 Å². The van der Waals surface area contributed by atoms with Crippen LogP contribution in [0.3, 0.4) is 0 Å². The highest BCUT2D eigenvalue weighted by molar-refractivity contribution is 7.92. The van der Waals surface area contributed by atoms with Gasteiger partial charge in [-0.1, -0.05) is 93.2 Å². The summed E-state index contributed by atoms with van der Waals surface area (Å²) in [4.78, 5) is 13.0. The molecule has 0 heterocycles. The molecule has 0 aliphatic carbocycles. The number of benzene rings is 3. The van der Waals surface area contributed by atoms with E-state index in [0.29, 0.717) is 35.2 Å². The maximum atomic E-state index is 14.1. The first-order chi connectivity index (χ1) is 22.4. The van der Waals surface area contributed by atoms with E-state index in [4.69, 9.17) is 9.47 Å². The molecule has 0 bridgehead atoms. The maximum Gasteiger partial charge on any atom is 0.411 e. The highest BCUT2D eigenvalue weighted by Gasteiger charge is 2.27. The van der Waals surface area contributed by atoms with Gasteiger partial charge in [0.25, 0.3) is 10.0 Å². The van der Waals surface area contributed by atoms with E-state index < -0.39 is 16.1 Å². The molecule has 0 saturated heterocycles. The molecule has 1 amide bonds. The van der Waals surface area contributed by atoms with Crippen molar-refractivity contribution in [3.05, 3.63) is 71.3 Å². The first kappa shape index (κ1) is 37.7. The molecule has 0 atom stereocenters. The summed E-state index contributed by atoms with van der Waals surface area (Å²) in [5, 5.41) is 6.15. The van der Waals surface area contributed by atoms with Crippen LogP contribution in [0.25, 0.3) is 0 Å². The van der Waals surface area contributed by atoms with Crippen LogP contribution in [-0.4, -0.2) is 27.7 Å². The van der Waals surface area contributed by atoms with Crippen molar-refractivity contribution in [2.75, 3.05) is 28.6 Å². The molecule has 258 valence electrons. The summed E-state index contributed by atoms with van der Waals surface area (Å²) < 4.78 is 42.3. The van der Waals surface area contributed by atoms with E-state index in [1.54, 1.807) is 18.2 Å². The topological polar surface area (TPSA) is 106 Å². The number of nitrogens with one attached hydrogen (secondary N) is 3. The van der Waals surface area contributed by atoms with Crippen molar-refractivity contribution in [2.24, 2.45) is 0 Å². The fourth-order valence-corrected chi connectivity index (χ4v) is 6.94. The van der Waals surface area contributed by atoms with Crippen molar-refractivity contribution in [1.82, 2.24) is 0 Å². The van der Waals surface area contributed by atoms with Crippen molar-refractivity contribution in [2.45, 2.75) is 117 Å². The van der Waals surface area contributed by atoms with Crippen LogP contribution >= 0.6 is 0 Å². The average Bonchev–Trinajstić information content (AvgIpc) is 3.02. The van der Waals surface area contributed by atoms with Gasteiger partial charge in [-0.2, -0.15) is 0 Å². The van der Waals surface area contributed by atoms with E-state index in [2.05, 4.69) is 36.1 Å². The molecule has 0 unspecified atom stereocenters. The number of carbonyl (C=O) groups excluding carboxylic acids is 1. The number of hydrogen-bond donors (Lipinski definition) is 3. The first-order valence-electron chi connectivity index (χ1n) is 17.1. The normalized spacial score (nSPS) is 11.6. The third-order valence-electron chi connectivity index (χ3n) is 7.99. The van der Waals surface area contributed by atoms with Gasteiger partial charge in [0, 0.05) is 5.69 Å². The van der Waals surface area contributed by atoms with Gasteiger partial charge in [0.15, 0.2) is 0 Å². The SMILES string of the molecule is CCCCCCOc1ccc(Nc2ccc(NS(=O)(=O)c3c(C(C)C)cc(C(C)C)cc3C(C)C)cc2NC(=O)OCCCC)cc1. The summed E-state index contributed by atoms with van der Waals surface area (Å²) in [6.45, 7) is 17.5. The fraction of sp³-hybridized carbons (Fsp3) is 0.500. The second-order valence-corrected chi connectivity index (χ2v) is 14.7. The van der Waals surface area contributed by atoms with Gasteiger partial charge >= 0.3 is 6.09 Å². The summed E-state index contributed by atoms with van der Waals surface area (Å²) in [5.74, 6) is 1.05. The van der Waals surface area contributed by atoms with Crippen LogP contribution in [-0.2, 0) is 14.8 Å². The Bertz CT molecular complexity index is 1520. The number of rotatable bonds is 18. The second-order valence-electron chi connectivity index (χ2n) is 13.0. The number of unbranched alkanes of at least 4 members (excludes halogenated alkanes) is 4. The largest absolute Gasteiger partial charge is 0.494 e. The zero-order chi connectivity index (χ0) is 34.6. The molecule has 0 aliphatic heterocycles. The Labute approximate surface area is 283 Å². The molecule has 0 radical (unpaired) electrons. The molecular formula is C38H55N3O5S. The third-order valence-corrected chi connectivity index (χ3v) is 9.50. The molecule has 0 fully saturated rings. The van der Waals surface area contributed by atoms with Crippen LogP contribution in [0.5, 0.6) is 5.75 Å². The Hall–Kier alpha value is -3.72. The monoisotopic (exact) mass is 665 g/mol. The number of carbonyl (C=O) groups is 1. The van der Waals surface area contributed by atoms with Crippen molar-refractivity contribution < 1.29 is 22.7 Å². The predicted molar refractivity (Wildman–Crippen MR) is 195 cm³/mol. The van der Waals surface area contributed by atoms with E-state index in [1.807, 2.05) is 71.0 Å². The summed E-state index contributed by atoms with van der Waals surface area (Å²) >= 11 is 0. The lowest BCUT2D eigenvalue weighted by atomic mass is 9.89. The molecule has 8 nitrogen and oxygen atoms in total. The number of ether oxygens (including phenoxy) is 2. The number of amides is 1. The Morgan fingerprint density at radius 2 is 1.32 bits per heavy atom. The molecule has 3 rings (SSSR count). The molecule has 0 spiro atoms. The molecule has 0 saturated carbocycles. The lowest BCUT2D eigenvalue weighted by Crippen LogP contribution is -2.20. The summed E-state index contributed by atoms with van der Waals surface area (Å²) in [5.41, 5.74) is 4.77. The van der Waals surface area contributed by atoms with Gasteiger partial charge in [-0.05, 0) is 89.8 Å². The molecule has 0 aliphatic rings. The van der Waals surface area contributed by atoms with Gasteiger partial charge < -0.3 is 14.8 Å². The molecule has 47 heavy (non-hydrogen) atoms. The predicted octanol–water partition coefficient (Wildman–Crippen LogP) is 10.9. The second kappa shape index (κ2) is 18.0. The highest BCUT2D eigenvalue weighted by Crippen LogP contribution is 2.37. The summed E-state index contributed by atoms with van der Waals surface area (Å²) in [7, 11) is -3.99. The lowest BCUT2D eigenvalue weighted by molar-refractivity contribution is 0.160. The van der Waals surface area contributed by atoms with Gasteiger partial charge in [0.2, 0.25) is 0 Å². The lowest BCUT2D eigenvalue weighted by Gasteiger charge is -2.23. The zero-order valence-electron chi connectivity index (χ0n) is 29.5.